The molecule has 1 amide bonds. The average molecular weight is 458 g/mol. The normalized spacial score (nSPS) is 17.8. The number of carbonyl (C=O) groups excluding carboxylic acids is 2. The summed E-state index contributed by atoms with van der Waals surface area (Å²) in [6, 6.07) is 21.2. The second kappa shape index (κ2) is 9.27. The van der Waals surface area contributed by atoms with Crippen LogP contribution in [-0.2, 0) is 19.1 Å². The molecule has 5 rings (SSSR count). The minimum atomic E-state index is -1.03. The Labute approximate surface area is 197 Å². The lowest BCUT2D eigenvalue weighted by Gasteiger charge is -2.38. The van der Waals surface area contributed by atoms with E-state index in [1.54, 1.807) is 18.9 Å². The fourth-order valence-corrected chi connectivity index (χ4v) is 4.91. The number of methoxy groups -OCH3 is 1. The maximum absolute atomic E-state index is 13.9. The van der Waals surface area contributed by atoms with E-state index in [9.17, 15) is 9.59 Å². The molecule has 1 aliphatic heterocycles. The predicted octanol–water partition coefficient (Wildman–Crippen LogP) is 4.34. The van der Waals surface area contributed by atoms with Crippen LogP contribution < -0.4 is 4.90 Å². The molecule has 0 bridgehead atoms. The van der Waals surface area contributed by atoms with Crippen molar-refractivity contribution in [1.29, 1.82) is 0 Å². The molecule has 0 saturated carbocycles. The molecule has 2 heterocycles. The number of aromatic nitrogens is 2. The first-order valence-electron chi connectivity index (χ1n) is 11.6. The minimum Gasteiger partial charge on any atom is -0.465 e. The molecule has 0 radical (unpaired) electrons. The van der Waals surface area contributed by atoms with Crippen molar-refractivity contribution in [1.82, 2.24) is 9.55 Å². The number of benzene rings is 3. The average Bonchev–Trinajstić information content (AvgIpc) is 3.24. The SMILES string of the molecule is CCOC(=O)[C@@H]1C(=O)N(CCCOC)c2nc3ccccc3n2[C@@H]1c1cccc2ccccc12. The van der Waals surface area contributed by atoms with Crippen LogP contribution in [0.2, 0.25) is 0 Å². The summed E-state index contributed by atoms with van der Waals surface area (Å²) in [7, 11) is 1.63. The number of esters is 1. The van der Waals surface area contributed by atoms with Gasteiger partial charge in [0.1, 0.15) is 0 Å². The van der Waals surface area contributed by atoms with Gasteiger partial charge in [0.15, 0.2) is 5.92 Å². The number of hydrogen-bond donors (Lipinski definition) is 0. The first-order chi connectivity index (χ1) is 16.7. The fraction of sp³-hybridized carbons (Fsp3) is 0.296. The van der Waals surface area contributed by atoms with Gasteiger partial charge in [-0.1, -0.05) is 54.6 Å². The van der Waals surface area contributed by atoms with E-state index >= 15 is 0 Å². The topological polar surface area (TPSA) is 73.7 Å². The molecule has 34 heavy (non-hydrogen) atoms. The summed E-state index contributed by atoms with van der Waals surface area (Å²) in [4.78, 5) is 33.7. The zero-order valence-electron chi connectivity index (χ0n) is 19.3. The van der Waals surface area contributed by atoms with Crippen LogP contribution in [0.25, 0.3) is 21.8 Å². The number of fused-ring (bicyclic) bond motifs is 4. The molecule has 7 nitrogen and oxygen atoms in total. The Hall–Kier alpha value is -3.71. The van der Waals surface area contributed by atoms with Crippen molar-refractivity contribution < 1.29 is 19.1 Å². The number of hydrogen-bond acceptors (Lipinski definition) is 5. The van der Waals surface area contributed by atoms with Gasteiger partial charge in [0.25, 0.3) is 0 Å². The van der Waals surface area contributed by atoms with Crippen LogP contribution in [0.5, 0.6) is 0 Å². The minimum absolute atomic E-state index is 0.200. The Morgan fingerprint density at radius 1 is 1.03 bits per heavy atom. The summed E-state index contributed by atoms with van der Waals surface area (Å²) >= 11 is 0. The third-order valence-corrected chi connectivity index (χ3v) is 6.36. The zero-order valence-corrected chi connectivity index (χ0v) is 19.3. The van der Waals surface area contributed by atoms with Crippen LogP contribution in [0.1, 0.15) is 24.9 Å². The van der Waals surface area contributed by atoms with Gasteiger partial charge >= 0.3 is 5.97 Å². The number of ether oxygens (including phenoxy) is 2. The van der Waals surface area contributed by atoms with E-state index in [1.807, 2.05) is 71.3 Å². The van der Waals surface area contributed by atoms with Crippen molar-refractivity contribution in [3.8, 4) is 0 Å². The van der Waals surface area contributed by atoms with Crippen LogP contribution in [-0.4, -0.2) is 48.3 Å². The van der Waals surface area contributed by atoms with Crippen LogP contribution >= 0.6 is 0 Å². The van der Waals surface area contributed by atoms with Crippen molar-refractivity contribution >= 4 is 39.6 Å². The van der Waals surface area contributed by atoms with E-state index < -0.39 is 17.9 Å². The highest BCUT2D eigenvalue weighted by atomic mass is 16.5. The lowest BCUT2D eigenvalue weighted by atomic mass is 9.86. The highest BCUT2D eigenvalue weighted by Crippen LogP contribution is 2.43. The first-order valence-corrected chi connectivity index (χ1v) is 11.6. The first kappa shape index (κ1) is 22.1. The summed E-state index contributed by atoms with van der Waals surface area (Å²) < 4.78 is 12.7. The summed E-state index contributed by atoms with van der Waals surface area (Å²) in [5.74, 6) is -1.31. The van der Waals surface area contributed by atoms with Gasteiger partial charge in [-0.2, -0.15) is 0 Å². The smallest absolute Gasteiger partial charge is 0.321 e. The number of nitrogens with zero attached hydrogens (tertiary/aromatic N) is 3. The molecule has 0 saturated heterocycles. The van der Waals surface area contributed by atoms with Gasteiger partial charge in [0.05, 0.1) is 23.7 Å². The molecule has 0 N–H and O–H groups in total. The third kappa shape index (κ3) is 3.62. The largest absolute Gasteiger partial charge is 0.465 e. The Kier molecular flexibility index (Phi) is 6.02. The molecule has 1 aromatic heterocycles. The van der Waals surface area contributed by atoms with Crippen molar-refractivity contribution in [3.63, 3.8) is 0 Å². The second-order valence-electron chi connectivity index (χ2n) is 8.35. The highest BCUT2D eigenvalue weighted by molar-refractivity contribution is 6.09. The molecule has 7 heteroatoms. The predicted molar refractivity (Wildman–Crippen MR) is 131 cm³/mol. The van der Waals surface area contributed by atoms with Gasteiger partial charge in [0.2, 0.25) is 11.9 Å². The Balaban J connectivity index is 1.79. The van der Waals surface area contributed by atoms with Crippen LogP contribution in [0.4, 0.5) is 5.95 Å². The van der Waals surface area contributed by atoms with Crippen molar-refractivity contribution in [3.05, 3.63) is 72.3 Å². The summed E-state index contributed by atoms with van der Waals surface area (Å²) in [5, 5.41) is 2.04. The van der Waals surface area contributed by atoms with Crippen molar-refractivity contribution in [2.45, 2.75) is 19.4 Å². The van der Waals surface area contributed by atoms with Gasteiger partial charge in [-0.3, -0.25) is 14.5 Å². The van der Waals surface area contributed by atoms with E-state index in [-0.39, 0.29) is 12.5 Å². The Morgan fingerprint density at radius 2 is 1.79 bits per heavy atom. The molecule has 0 unspecified atom stereocenters. The van der Waals surface area contributed by atoms with Gasteiger partial charge < -0.3 is 14.0 Å². The Morgan fingerprint density at radius 3 is 2.62 bits per heavy atom. The van der Waals surface area contributed by atoms with Crippen molar-refractivity contribution in [2.24, 2.45) is 5.92 Å². The molecule has 2 atom stereocenters. The Bertz CT molecular complexity index is 1360. The van der Waals surface area contributed by atoms with E-state index in [0.717, 1.165) is 27.4 Å². The third-order valence-electron chi connectivity index (χ3n) is 6.36. The van der Waals surface area contributed by atoms with Crippen LogP contribution in [0.15, 0.2) is 66.7 Å². The summed E-state index contributed by atoms with van der Waals surface area (Å²) in [6.45, 7) is 2.85. The standard InChI is InChI=1S/C27H27N3O4/c1-3-34-26(32)23-24(20-13-8-11-18-10-4-5-12-19(18)20)30-22-15-7-6-14-21(22)28-27(30)29(25(23)31)16-9-17-33-2/h4-8,10-15,23-24H,3,9,16-17H2,1-2H3/t23-,24+/m0/s1. The molecule has 3 aromatic carbocycles. The zero-order chi connectivity index (χ0) is 23.7. The maximum atomic E-state index is 13.9. The molecule has 0 fully saturated rings. The lowest BCUT2D eigenvalue weighted by Crippen LogP contribution is -2.50. The lowest BCUT2D eigenvalue weighted by molar-refractivity contribution is -0.153. The maximum Gasteiger partial charge on any atom is 0.321 e. The van der Waals surface area contributed by atoms with E-state index in [4.69, 9.17) is 14.5 Å². The van der Waals surface area contributed by atoms with Crippen LogP contribution in [0, 0.1) is 5.92 Å². The van der Waals surface area contributed by atoms with Gasteiger partial charge in [-0.15, -0.1) is 0 Å². The number of amides is 1. The number of anilines is 1. The van der Waals surface area contributed by atoms with E-state index in [2.05, 4.69) is 0 Å². The van der Waals surface area contributed by atoms with Crippen molar-refractivity contribution in [2.75, 3.05) is 31.8 Å². The molecular formula is C27H27N3O4. The van der Waals surface area contributed by atoms with E-state index in [1.165, 1.54) is 0 Å². The number of carbonyl (C=O) groups is 2. The second-order valence-corrected chi connectivity index (χ2v) is 8.35. The molecule has 4 aromatic rings. The van der Waals surface area contributed by atoms with Crippen LogP contribution in [0.3, 0.4) is 0 Å². The monoisotopic (exact) mass is 457 g/mol. The summed E-state index contributed by atoms with van der Waals surface area (Å²) in [6.07, 6.45) is 0.625. The fourth-order valence-electron chi connectivity index (χ4n) is 4.91. The van der Waals surface area contributed by atoms with Gasteiger partial charge in [0, 0.05) is 20.3 Å². The molecule has 0 aliphatic carbocycles. The number of rotatable bonds is 7. The molecule has 174 valence electrons. The molecule has 0 spiro atoms. The molecule has 1 aliphatic rings. The quantitative estimate of drug-likeness (QED) is 0.234. The van der Waals surface area contributed by atoms with E-state index in [0.29, 0.717) is 25.5 Å². The highest BCUT2D eigenvalue weighted by Gasteiger charge is 2.48. The summed E-state index contributed by atoms with van der Waals surface area (Å²) in [5.41, 5.74) is 2.54. The van der Waals surface area contributed by atoms with Gasteiger partial charge in [-0.25, -0.2) is 4.98 Å². The van der Waals surface area contributed by atoms with Gasteiger partial charge in [-0.05, 0) is 41.8 Å². The number of imidazole rings is 1. The number of para-hydroxylation sites is 2. The molecular weight excluding hydrogens is 430 g/mol.